The number of aromatic hydroxyl groups is 3. The van der Waals surface area contributed by atoms with E-state index in [4.69, 9.17) is 28.1 Å². The number of ether oxygens (including phenoxy) is 5. The number of rotatable bonds is 6. The Labute approximate surface area is 230 Å². The summed E-state index contributed by atoms with van der Waals surface area (Å²) in [6.45, 7) is -0.870. The number of methoxy groups -OCH3 is 1. The van der Waals surface area contributed by atoms with Gasteiger partial charge in [-0.15, -0.1) is 0 Å². The van der Waals surface area contributed by atoms with E-state index in [1.54, 1.807) is 0 Å². The minimum absolute atomic E-state index is 0.101. The molecule has 0 spiro atoms. The molecule has 8 unspecified atom stereocenters. The largest absolute Gasteiger partial charge is 0.508 e. The van der Waals surface area contributed by atoms with Gasteiger partial charge in [-0.25, -0.2) is 0 Å². The second-order valence-electron chi connectivity index (χ2n) is 9.54. The molecular weight excluding hydrogens is 552 g/mol. The smallest absolute Gasteiger partial charge is 0.239 e. The number of fused-ring (bicyclic) bond motifs is 1. The second-order valence-corrected chi connectivity index (χ2v) is 9.54. The molecule has 1 aromatic heterocycles. The Morgan fingerprint density at radius 3 is 2.24 bits per heavy atom. The van der Waals surface area contributed by atoms with Gasteiger partial charge < -0.3 is 69.0 Å². The SMILES string of the molecule is COc1ccc(-c2oc3cc(O)cc(O)c3c(=O)c2OC2OCC(O)C(OC3OCC(O)C(O)C3O)C2O)cc1O. The minimum Gasteiger partial charge on any atom is -0.508 e. The van der Waals surface area contributed by atoms with Crippen LogP contribution in [0.15, 0.2) is 39.5 Å². The van der Waals surface area contributed by atoms with Gasteiger partial charge in [-0.1, -0.05) is 0 Å². The number of aliphatic hydroxyl groups is 5. The van der Waals surface area contributed by atoms with E-state index in [1.807, 2.05) is 0 Å². The summed E-state index contributed by atoms with van der Waals surface area (Å²) < 4.78 is 32.7. The molecule has 3 aromatic rings. The van der Waals surface area contributed by atoms with Crippen molar-refractivity contribution in [2.75, 3.05) is 20.3 Å². The molecule has 15 nitrogen and oxygen atoms in total. The van der Waals surface area contributed by atoms with Crippen LogP contribution in [0.25, 0.3) is 22.3 Å². The Kier molecular flexibility index (Phi) is 7.95. The van der Waals surface area contributed by atoms with Gasteiger partial charge >= 0.3 is 0 Å². The summed E-state index contributed by atoms with van der Waals surface area (Å²) in [4.78, 5) is 13.6. The molecule has 5 rings (SSSR count). The van der Waals surface area contributed by atoms with Gasteiger partial charge in [-0.3, -0.25) is 4.79 Å². The predicted octanol–water partition coefficient (Wildman–Crippen LogP) is -1.13. The van der Waals surface area contributed by atoms with Gasteiger partial charge in [0.15, 0.2) is 23.5 Å². The van der Waals surface area contributed by atoms with Gasteiger partial charge in [-0.2, -0.15) is 0 Å². The monoisotopic (exact) mass is 580 g/mol. The van der Waals surface area contributed by atoms with E-state index >= 15 is 0 Å². The molecule has 0 radical (unpaired) electrons. The molecule has 0 aliphatic carbocycles. The number of aliphatic hydroxyl groups excluding tert-OH is 5. The summed E-state index contributed by atoms with van der Waals surface area (Å²) in [5.41, 5.74) is -1.06. The first-order valence-electron chi connectivity index (χ1n) is 12.4. The minimum atomic E-state index is -1.82. The molecule has 8 atom stereocenters. The molecule has 2 aromatic carbocycles. The van der Waals surface area contributed by atoms with E-state index in [2.05, 4.69) is 0 Å². The molecule has 0 amide bonds. The van der Waals surface area contributed by atoms with Crippen LogP contribution in [0, 0.1) is 0 Å². The first-order valence-corrected chi connectivity index (χ1v) is 12.4. The zero-order valence-corrected chi connectivity index (χ0v) is 21.4. The van der Waals surface area contributed by atoms with Gasteiger partial charge in [0.25, 0.3) is 0 Å². The summed E-state index contributed by atoms with van der Waals surface area (Å²) >= 11 is 0. The fourth-order valence-corrected chi connectivity index (χ4v) is 4.61. The Morgan fingerprint density at radius 1 is 0.829 bits per heavy atom. The highest BCUT2D eigenvalue weighted by Gasteiger charge is 2.47. The second kappa shape index (κ2) is 11.3. The highest BCUT2D eigenvalue weighted by Crippen LogP contribution is 2.39. The Morgan fingerprint density at radius 2 is 1.54 bits per heavy atom. The molecule has 222 valence electrons. The lowest BCUT2D eigenvalue weighted by Crippen LogP contribution is -2.61. The van der Waals surface area contributed by atoms with Gasteiger partial charge in [0, 0.05) is 17.7 Å². The van der Waals surface area contributed by atoms with Crippen LogP contribution in [0.5, 0.6) is 28.7 Å². The molecule has 0 bridgehead atoms. The van der Waals surface area contributed by atoms with E-state index in [1.165, 1.54) is 25.3 Å². The predicted molar refractivity (Wildman–Crippen MR) is 134 cm³/mol. The number of hydrogen-bond donors (Lipinski definition) is 8. The average molecular weight is 580 g/mol. The lowest BCUT2D eigenvalue weighted by Gasteiger charge is -2.42. The molecule has 2 saturated heterocycles. The Hall–Kier alpha value is -3.67. The fraction of sp³-hybridized carbons (Fsp3) is 0.423. The van der Waals surface area contributed by atoms with Crippen molar-refractivity contribution in [2.24, 2.45) is 0 Å². The summed E-state index contributed by atoms with van der Waals surface area (Å²) in [7, 11) is 1.33. The van der Waals surface area contributed by atoms with E-state index in [9.17, 15) is 45.6 Å². The maximum atomic E-state index is 13.6. The zero-order valence-electron chi connectivity index (χ0n) is 21.4. The maximum absolute atomic E-state index is 13.6. The van der Waals surface area contributed by atoms with Crippen molar-refractivity contribution in [1.82, 2.24) is 0 Å². The molecule has 2 aliphatic rings. The van der Waals surface area contributed by atoms with Crippen molar-refractivity contribution in [3.63, 3.8) is 0 Å². The third-order valence-corrected chi connectivity index (χ3v) is 6.76. The van der Waals surface area contributed by atoms with Gasteiger partial charge in [-0.05, 0) is 18.2 Å². The highest BCUT2D eigenvalue weighted by atomic mass is 16.7. The van der Waals surface area contributed by atoms with Crippen LogP contribution in [0.4, 0.5) is 0 Å². The normalized spacial score (nSPS) is 30.3. The van der Waals surface area contributed by atoms with Crippen molar-refractivity contribution >= 4 is 11.0 Å². The summed E-state index contributed by atoms with van der Waals surface area (Å²) in [5.74, 6) is -2.10. The summed E-state index contributed by atoms with van der Waals surface area (Å²) in [6, 6.07) is 6.00. The maximum Gasteiger partial charge on any atom is 0.239 e. The molecule has 3 heterocycles. The molecule has 0 saturated carbocycles. The number of benzene rings is 2. The molecule has 8 N–H and O–H groups in total. The van der Waals surface area contributed by atoms with Crippen molar-refractivity contribution in [3.8, 4) is 40.1 Å². The van der Waals surface area contributed by atoms with E-state index in [-0.39, 0.29) is 33.8 Å². The van der Waals surface area contributed by atoms with Gasteiger partial charge in [0.1, 0.15) is 59.1 Å². The average Bonchev–Trinajstić information content (AvgIpc) is 2.93. The van der Waals surface area contributed by atoms with Crippen LogP contribution in [-0.4, -0.2) is 110 Å². The number of phenols is 3. The van der Waals surface area contributed by atoms with E-state index in [0.29, 0.717) is 0 Å². The van der Waals surface area contributed by atoms with Crippen LogP contribution in [0.1, 0.15) is 0 Å². The fourth-order valence-electron chi connectivity index (χ4n) is 4.61. The quantitative estimate of drug-likeness (QED) is 0.172. The standard InChI is InChI=1S/C26H28O15/c1-36-15-3-2-9(4-11(15)28)22-24(19(33)17-12(29)5-10(27)6-16(17)39-22)41-26-21(35)23(14(31)8-38-26)40-25-20(34)18(32)13(30)7-37-25/h2-6,13-14,18,20-21,23,25-32,34-35H,7-8H2,1H3. The Bertz CT molecular complexity index is 1470. The van der Waals surface area contributed by atoms with Crippen LogP contribution in [0.3, 0.4) is 0 Å². The molecule has 41 heavy (non-hydrogen) atoms. The van der Waals surface area contributed by atoms with Crippen LogP contribution in [-0.2, 0) is 14.2 Å². The zero-order chi connectivity index (χ0) is 29.6. The third-order valence-electron chi connectivity index (χ3n) is 6.76. The molecule has 2 fully saturated rings. The van der Waals surface area contributed by atoms with Crippen LogP contribution < -0.4 is 14.9 Å². The summed E-state index contributed by atoms with van der Waals surface area (Å²) in [6.07, 6.45) is -12.8. The molecule has 15 heteroatoms. The number of phenolic OH excluding ortho intramolecular Hbond substituents is 3. The van der Waals surface area contributed by atoms with Crippen molar-refractivity contribution in [1.29, 1.82) is 0 Å². The molecular formula is C26H28O15. The highest BCUT2D eigenvalue weighted by molar-refractivity contribution is 5.88. The first kappa shape index (κ1) is 28.8. The lowest BCUT2D eigenvalue weighted by atomic mass is 10.0. The Balaban J connectivity index is 1.52. The molecule has 2 aliphatic heterocycles. The third kappa shape index (κ3) is 5.37. The van der Waals surface area contributed by atoms with Crippen LogP contribution in [0.2, 0.25) is 0 Å². The summed E-state index contributed by atoms with van der Waals surface area (Å²) in [5, 5.41) is 81.5. The van der Waals surface area contributed by atoms with Crippen molar-refractivity contribution in [2.45, 2.75) is 49.2 Å². The van der Waals surface area contributed by atoms with E-state index in [0.717, 1.165) is 12.1 Å². The first-order chi connectivity index (χ1) is 19.5. The van der Waals surface area contributed by atoms with Gasteiger partial charge in [0.05, 0.1) is 20.3 Å². The van der Waals surface area contributed by atoms with Crippen molar-refractivity contribution < 1.29 is 69.0 Å². The number of hydrogen-bond acceptors (Lipinski definition) is 15. The van der Waals surface area contributed by atoms with Gasteiger partial charge in [0.2, 0.25) is 17.5 Å². The van der Waals surface area contributed by atoms with E-state index < -0.39 is 85.1 Å². The topological polar surface area (TPSA) is 238 Å². The van der Waals surface area contributed by atoms with Crippen molar-refractivity contribution in [3.05, 3.63) is 40.6 Å². The lowest BCUT2D eigenvalue weighted by molar-refractivity contribution is -0.326. The van der Waals surface area contributed by atoms with Crippen LogP contribution >= 0.6 is 0 Å².